The van der Waals surface area contributed by atoms with Gasteiger partial charge >= 0.3 is 0 Å². The number of benzene rings is 3. The maximum atomic E-state index is 12.6. The summed E-state index contributed by atoms with van der Waals surface area (Å²) in [6, 6.07) is 19.2. The molecule has 3 aromatic rings. The van der Waals surface area contributed by atoms with Crippen molar-refractivity contribution in [3.63, 3.8) is 0 Å². The van der Waals surface area contributed by atoms with Crippen LogP contribution in [0.4, 0.5) is 5.69 Å². The van der Waals surface area contributed by atoms with E-state index in [2.05, 4.69) is 5.32 Å². The van der Waals surface area contributed by atoms with E-state index < -0.39 is 0 Å². The van der Waals surface area contributed by atoms with Crippen LogP contribution in [0.2, 0.25) is 0 Å². The molecule has 0 saturated carbocycles. The SMILES string of the molecule is COc1cc(C=C2C(=O)c3ccccc3C2=O)ccc1OCC(=O)Nc1ccc(C)cc1. The predicted molar refractivity (Wildman–Crippen MR) is 121 cm³/mol. The van der Waals surface area contributed by atoms with Crippen LogP contribution in [0.15, 0.2) is 72.3 Å². The number of Topliss-reactive ketones (excluding diaryl/α,β-unsaturated/α-hetero) is 2. The number of ketones is 2. The summed E-state index contributed by atoms with van der Waals surface area (Å²) in [6.07, 6.45) is 1.54. The normalized spacial score (nSPS) is 12.4. The molecule has 0 spiro atoms. The van der Waals surface area contributed by atoms with E-state index in [0.29, 0.717) is 33.9 Å². The average Bonchev–Trinajstić information content (AvgIpc) is 3.04. The Labute approximate surface area is 185 Å². The zero-order chi connectivity index (χ0) is 22.7. The van der Waals surface area contributed by atoms with Crippen LogP contribution in [0.1, 0.15) is 31.8 Å². The lowest BCUT2D eigenvalue weighted by Crippen LogP contribution is -2.20. The third-order valence-corrected chi connectivity index (χ3v) is 5.10. The Morgan fingerprint density at radius 3 is 2.19 bits per heavy atom. The lowest BCUT2D eigenvalue weighted by atomic mass is 10.1. The Morgan fingerprint density at radius 1 is 0.906 bits per heavy atom. The molecule has 0 aromatic heterocycles. The second-order valence-corrected chi connectivity index (χ2v) is 7.38. The average molecular weight is 427 g/mol. The maximum absolute atomic E-state index is 12.6. The van der Waals surface area contributed by atoms with E-state index in [0.717, 1.165) is 5.56 Å². The van der Waals surface area contributed by atoms with Gasteiger partial charge in [0.2, 0.25) is 0 Å². The quantitative estimate of drug-likeness (QED) is 0.463. The summed E-state index contributed by atoms with van der Waals surface area (Å²) in [5.41, 5.74) is 3.33. The number of carbonyl (C=O) groups excluding carboxylic acids is 3. The van der Waals surface area contributed by atoms with E-state index >= 15 is 0 Å². The number of rotatable bonds is 6. The van der Waals surface area contributed by atoms with E-state index in [-0.39, 0.29) is 29.7 Å². The Bertz CT molecular complexity index is 1200. The molecule has 0 bridgehead atoms. The first-order chi connectivity index (χ1) is 15.5. The number of fused-ring (bicyclic) bond motifs is 1. The number of hydrogen-bond acceptors (Lipinski definition) is 5. The number of allylic oxidation sites excluding steroid dienone is 1. The molecule has 1 amide bonds. The fourth-order valence-corrected chi connectivity index (χ4v) is 3.44. The number of amides is 1. The van der Waals surface area contributed by atoms with Crippen LogP contribution in [-0.2, 0) is 4.79 Å². The molecule has 4 rings (SSSR count). The van der Waals surface area contributed by atoms with Gasteiger partial charge in [-0.05, 0) is 42.8 Å². The first-order valence-electron chi connectivity index (χ1n) is 10.0. The molecule has 6 heteroatoms. The van der Waals surface area contributed by atoms with Gasteiger partial charge in [0, 0.05) is 16.8 Å². The van der Waals surface area contributed by atoms with Crippen molar-refractivity contribution < 1.29 is 23.9 Å². The highest BCUT2D eigenvalue weighted by Crippen LogP contribution is 2.32. The number of hydrogen-bond donors (Lipinski definition) is 1. The highest BCUT2D eigenvalue weighted by molar-refractivity contribution is 6.41. The zero-order valence-corrected chi connectivity index (χ0v) is 17.7. The molecule has 0 fully saturated rings. The van der Waals surface area contributed by atoms with Gasteiger partial charge in [-0.15, -0.1) is 0 Å². The Balaban J connectivity index is 1.47. The molecular formula is C26H21NO5. The van der Waals surface area contributed by atoms with Crippen molar-refractivity contribution in [3.8, 4) is 11.5 Å². The van der Waals surface area contributed by atoms with Gasteiger partial charge < -0.3 is 14.8 Å². The molecule has 0 atom stereocenters. The van der Waals surface area contributed by atoms with E-state index in [1.807, 2.05) is 31.2 Å². The zero-order valence-electron chi connectivity index (χ0n) is 17.7. The molecule has 1 N–H and O–H groups in total. The van der Waals surface area contributed by atoms with E-state index in [1.54, 1.807) is 48.5 Å². The summed E-state index contributed by atoms with van der Waals surface area (Å²) in [6.45, 7) is 1.77. The summed E-state index contributed by atoms with van der Waals surface area (Å²) in [5.74, 6) is -0.128. The van der Waals surface area contributed by atoms with E-state index in [1.165, 1.54) is 7.11 Å². The van der Waals surface area contributed by atoms with Crippen LogP contribution in [-0.4, -0.2) is 31.2 Å². The lowest BCUT2D eigenvalue weighted by molar-refractivity contribution is -0.118. The highest BCUT2D eigenvalue weighted by Gasteiger charge is 2.32. The third-order valence-electron chi connectivity index (χ3n) is 5.10. The smallest absolute Gasteiger partial charge is 0.262 e. The van der Waals surface area contributed by atoms with Gasteiger partial charge in [-0.1, -0.05) is 48.0 Å². The Hall–Kier alpha value is -4.19. The molecule has 1 aliphatic carbocycles. The van der Waals surface area contributed by atoms with Crippen LogP contribution in [0.5, 0.6) is 11.5 Å². The van der Waals surface area contributed by atoms with E-state index in [4.69, 9.17) is 9.47 Å². The summed E-state index contributed by atoms with van der Waals surface area (Å²) >= 11 is 0. The number of aryl methyl sites for hydroxylation is 1. The lowest BCUT2D eigenvalue weighted by Gasteiger charge is -2.12. The minimum Gasteiger partial charge on any atom is -0.493 e. The fourth-order valence-electron chi connectivity index (χ4n) is 3.44. The molecule has 1 aliphatic rings. The number of nitrogens with one attached hydrogen (secondary N) is 1. The molecule has 32 heavy (non-hydrogen) atoms. The van der Waals surface area contributed by atoms with Crippen LogP contribution in [0.3, 0.4) is 0 Å². The van der Waals surface area contributed by atoms with Crippen molar-refractivity contribution in [1.82, 2.24) is 0 Å². The highest BCUT2D eigenvalue weighted by atomic mass is 16.5. The number of anilines is 1. The van der Waals surface area contributed by atoms with Gasteiger partial charge in [0.1, 0.15) is 0 Å². The topological polar surface area (TPSA) is 81.7 Å². The van der Waals surface area contributed by atoms with Crippen molar-refractivity contribution in [2.45, 2.75) is 6.92 Å². The first kappa shape index (κ1) is 21.1. The number of ether oxygens (including phenoxy) is 2. The summed E-state index contributed by atoms with van der Waals surface area (Å²) in [5, 5.41) is 2.77. The van der Waals surface area contributed by atoms with Crippen molar-refractivity contribution in [2.24, 2.45) is 0 Å². The third kappa shape index (κ3) is 4.30. The largest absolute Gasteiger partial charge is 0.493 e. The molecule has 160 valence electrons. The second-order valence-electron chi connectivity index (χ2n) is 7.38. The van der Waals surface area contributed by atoms with Crippen LogP contribution < -0.4 is 14.8 Å². The number of carbonyl (C=O) groups is 3. The molecule has 0 heterocycles. The van der Waals surface area contributed by atoms with Gasteiger partial charge in [0.05, 0.1) is 12.7 Å². The molecular weight excluding hydrogens is 406 g/mol. The summed E-state index contributed by atoms with van der Waals surface area (Å²) < 4.78 is 11.0. The van der Waals surface area contributed by atoms with Crippen LogP contribution >= 0.6 is 0 Å². The minimum atomic E-state index is -0.304. The Morgan fingerprint density at radius 2 is 1.56 bits per heavy atom. The number of methoxy groups -OCH3 is 1. The van der Waals surface area contributed by atoms with Gasteiger partial charge in [0.15, 0.2) is 29.7 Å². The Kier molecular flexibility index (Phi) is 5.85. The fraction of sp³-hybridized carbons (Fsp3) is 0.115. The van der Waals surface area contributed by atoms with Crippen molar-refractivity contribution in [3.05, 3.63) is 94.6 Å². The molecule has 0 unspecified atom stereocenters. The monoisotopic (exact) mass is 427 g/mol. The molecule has 6 nitrogen and oxygen atoms in total. The summed E-state index contributed by atoms with van der Waals surface area (Å²) in [4.78, 5) is 37.4. The van der Waals surface area contributed by atoms with Gasteiger partial charge in [-0.25, -0.2) is 0 Å². The predicted octanol–water partition coefficient (Wildman–Crippen LogP) is 4.48. The van der Waals surface area contributed by atoms with E-state index in [9.17, 15) is 14.4 Å². The van der Waals surface area contributed by atoms with Crippen LogP contribution in [0, 0.1) is 6.92 Å². The molecule has 0 aliphatic heterocycles. The van der Waals surface area contributed by atoms with Crippen molar-refractivity contribution >= 4 is 29.2 Å². The second kappa shape index (κ2) is 8.89. The summed E-state index contributed by atoms with van der Waals surface area (Å²) in [7, 11) is 1.48. The van der Waals surface area contributed by atoms with Gasteiger partial charge in [-0.3, -0.25) is 14.4 Å². The minimum absolute atomic E-state index is 0.111. The van der Waals surface area contributed by atoms with Crippen molar-refractivity contribution in [2.75, 3.05) is 19.0 Å². The van der Waals surface area contributed by atoms with Crippen LogP contribution in [0.25, 0.3) is 6.08 Å². The van der Waals surface area contributed by atoms with Crippen molar-refractivity contribution in [1.29, 1.82) is 0 Å². The van der Waals surface area contributed by atoms with Gasteiger partial charge in [0.25, 0.3) is 5.91 Å². The molecule has 0 saturated heterocycles. The first-order valence-corrected chi connectivity index (χ1v) is 10.0. The standard InChI is InChI=1S/C26H21NO5/c1-16-7-10-18(11-8-16)27-24(28)15-32-22-12-9-17(14-23(22)31-2)13-21-25(29)19-5-3-4-6-20(19)26(21)30/h3-14H,15H2,1-2H3,(H,27,28). The molecule has 3 aromatic carbocycles. The van der Waals surface area contributed by atoms with Gasteiger partial charge in [-0.2, -0.15) is 0 Å². The maximum Gasteiger partial charge on any atom is 0.262 e. The molecule has 0 radical (unpaired) electrons.